The van der Waals surface area contributed by atoms with Crippen molar-refractivity contribution in [1.29, 1.82) is 0 Å². The van der Waals surface area contributed by atoms with E-state index in [1.165, 1.54) is 19.3 Å². The van der Waals surface area contributed by atoms with E-state index in [0.29, 0.717) is 5.54 Å². The maximum Gasteiger partial charge on any atom is 0.0817 e. The molecule has 1 aliphatic heterocycles. The van der Waals surface area contributed by atoms with Gasteiger partial charge in [-0.25, -0.2) is 0 Å². The van der Waals surface area contributed by atoms with Gasteiger partial charge in [0, 0.05) is 11.0 Å². The molecule has 1 heterocycles. The Morgan fingerprint density at radius 2 is 2.08 bits per heavy atom. The highest BCUT2D eigenvalue weighted by Crippen LogP contribution is 2.48. The molecule has 68 valence electrons. The molecule has 2 atom stereocenters. The first kappa shape index (κ1) is 8.49. The molecule has 0 aromatic rings. The Kier molecular flexibility index (Phi) is 1.57. The number of hydrogen-bond donors (Lipinski definition) is 1. The van der Waals surface area contributed by atoms with E-state index in [2.05, 4.69) is 26.1 Å². The normalized spacial score (nSPS) is 44.2. The van der Waals surface area contributed by atoms with Crippen LogP contribution in [-0.2, 0) is 0 Å². The van der Waals surface area contributed by atoms with Crippen LogP contribution in [0, 0.1) is 11.3 Å². The molecule has 0 unspecified atom stereocenters. The van der Waals surface area contributed by atoms with E-state index in [1.807, 2.05) is 0 Å². The SMILES string of the molecule is CC1(C)C(=S)N[C@]2(C)CC[C@H]1C2. The third-order valence-electron chi connectivity index (χ3n) is 3.76. The zero-order chi connectivity index (χ0) is 8.98. The summed E-state index contributed by atoms with van der Waals surface area (Å²) in [6.07, 6.45) is 3.94. The van der Waals surface area contributed by atoms with E-state index < -0.39 is 0 Å². The highest BCUT2D eigenvalue weighted by atomic mass is 32.1. The van der Waals surface area contributed by atoms with Crippen LogP contribution in [0.5, 0.6) is 0 Å². The summed E-state index contributed by atoms with van der Waals surface area (Å²) in [5.41, 5.74) is 0.572. The van der Waals surface area contributed by atoms with Crippen molar-refractivity contribution in [3.8, 4) is 0 Å². The molecule has 0 aromatic carbocycles. The first-order valence-corrected chi connectivity index (χ1v) is 5.17. The zero-order valence-corrected chi connectivity index (χ0v) is 8.92. The van der Waals surface area contributed by atoms with Crippen molar-refractivity contribution in [1.82, 2.24) is 5.32 Å². The summed E-state index contributed by atoms with van der Waals surface area (Å²) in [7, 11) is 0. The third kappa shape index (κ3) is 1.00. The van der Waals surface area contributed by atoms with Crippen molar-refractivity contribution in [3.63, 3.8) is 0 Å². The van der Waals surface area contributed by atoms with Crippen molar-refractivity contribution < 1.29 is 0 Å². The van der Waals surface area contributed by atoms with E-state index >= 15 is 0 Å². The number of fused-ring (bicyclic) bond motifs is 2. The summed E-state index contributed by atoms with van der Waals surface area (Å²) in [5.74, 6) is 0.816. The quantitative estimate of drug-likeness (QED) is 0.579. The van der Waals surface area contributed by atoms with Gasteiger partial charge in [-0.2, -0.15) is 0 Å². The minimum atomic E-state index is 0.241. The third-order valence-corrected chi connectivity index (χ3v) is 4.39. The van der Waals surface area contributed by atoms with Gasteiger partial charge >= 0.3 is 0 Å². The summed E-state index contributed by atoms with van der Waals surface area (Å²) in [6, 6.07) is 0. The van der Waals surface area contributed by atoms with Gasteiger partial charge in [0.25, 0.3) is 0 Å². The first-order chi connectivity index (χ1) is 5.44. The lowest BCUT2D eigenvalue weighted by molar-refractivity contribution is 0.254. The van der Waals surface area contributed by atoms with Crippen molar-refractivity contribution >= 4 is 17.2 Å². The van der Waals surface area contributed by atoms with Crippen molar-refractivity contribution in [3.05, 3.63) is 0 Å². The Hall–Kier alpha value is -0.110. The van der Waals surface area contributed by atoms with Gasteiger partial charge in [0.05, 0.1) is 4.99 Å². The van der Waals surface area contributed by atoms with Crippen molar-refractivity contribution in [2.45, 2.75) is 45.6 Å². The Labute approximate surface area is 79.9 Å². The molecule has 1 nitrogen and oxygen atoms in total. The van der Waals surface area contributed by atoms with Gasteiger partial charge in [-0.3, -0.25) is 0 Å². The van der Waals surface area contributed by atoms with Crippen LogP contribution >= 0.6 is 12.2 Å². The first-order valence-electron chi connectivity index (χ1n) is 4.77. The van der Waals surface area contributed by atoms with Gasteiger partial charge in [0.1, 0.15) is 0 Å². The predicted molar refractivity (Wildman–Crippen MR) is 55.3 cm³/mol. The van der Waals surface area contributed by atoms with E-state index in [9.17, 15) is 0 Å². The molecule has 12 heavy (non-hydrogen) atoms. The zero-order valence-electron chi connectivity index (χ0n) is 8.11. The minimum absolute atomic E-state index is 0.241. The Morgan fingerprint density at radius 3 is 2.75 bits per heavy atom. The van der Waals surface area contributed by atoms with Crippen LogP contribution in [0.15, 0.2) is 0 Å². The lowest BCUT2D eigenvalue weighted by Crippen LogP contribution is -2.54. The van der Waals surface area contributed by atoms with Crippen LogP contribution in [0.3, 0.4) is 0 Å². The molecule has 1 N–H and O–H groups in total. The van der Waals surface area contributed by atoms with Crippen LogP contribution < -0.4 is 5.32 Å². The second-order valence-corrected chi connectivity index (χ2v) is 5.58. The van der Waals surface area contributed by atoms with Crippen molar-refractivity contribution in [2.24, 2.45) is 11.3 Å². The highest BCUT2D eigenvalue weighted by molar-refractivity contribution is 7.80. The fourth-order valence-electron chi connectivity index (χ4n) is 2.59. The van der Waals surface area contributed by atoms with Gasteiger partial charge in [0.15, 0.2) is 0 Å². The predicted octanol–water partition coefficient (Wildman–Crippen LogP) is 2.50. The molecule has 2 rings (SSSR count). The number of thiocarbonyl (C=S) groups is 1. The standard InChI is InChI=1S/C10H17NS/c1-9(2)7-4-5-10(3,6-7)11-8(9)12/h7H,4-6H2,1-3H3,(H,11,12)/t7-,10+/m0/s1. The summed E-state index contributed by atoms with van der Waals surface area (Å²) in [6.45, 7) is 6.85. The second-order valence-electron chi connectivity index (χ2n) is 5.18. The van der Waals surface area contributed by atoms with E-state index in [4.69, 9.17) is 12.2 Å². The van der Waals surface area contributed by atoms with Gasteiger partial charge in [-0.15, -0.1) is 0 Å². The molecule has 2 bridgehead atoms. The van der Waals surface area contributed by atoms with E-state index in [0.717, 1.165) is 10.9 Å². The van der Waals surface area contributed by atoms with Gasteiger partial charge in [0.2, 0.25) is 0 Å². The smallest absolute Gasteiger partial charge is 0.0817 e. The molecule has 2 aliphatic rings. The van der Waals surface area contributed by atoms with Gasteiger partial charge in [-0.05, 0) is 32.1 Å². The average molecular weight is 183 g/mol. The monoisotopic (exact) mass is 183 g/mol. The summed E-state index contributed by atoms with van der Waals surface area (Å²) in [5, 5.41) is 3.51. The highest BCUT2D eigenvalue weighted by Gasteiger charge is 2.49. The fourth-order valence-corrected chi connectivity index (χ4v) is 3.00. The van der Waals surface area contributed by atoms with Crippen LogP contribution in [0.25, 0.3) is 0 Å². The lowest BCUT2D eigenvalue weighted by Gasteiger charge is -2.42. The lowest BCUT2D eigenvalue weighted by atomic mass is 9.74. The molecule has 0 aromatic heterocycles. The van der Waals surface area contributed by atoms with Crippen LogP contribution in [0.2, 0.25) is 0 Å². The maximum atomic E-state index is 5.40. The topological polar surface area (TPSA) is 12.0 Å². The average Bonchev–Trinajstić information content (AvgIpc) is 2.28. The summed E-state index contributed by atoms with van der Waals surface area (Å²) < 4.78 is 0. The van der Waals surface area contributed by atoms with Crippen LogP contribution in [0.4, 0.5) is 0 Å². The Balaban J connectivity index is 2.32. The van der Waals surface area contributed by atoms with E-state index in [1.54, 1.807) is 0 Å². The second kappa shape index (κ2) is 2.22. The molecule has 1 aliphatic carbocycles. The fraction of sp³-hybridized carbons (Fsp3) is 0.900. The molecule has 0 spiro atoms. The molecule has 2 heteroatoms. The molecular weight excluding hydrogens is 166 g/mol. The molecule has 2 fully saturated rings. The number of nitrogens with one attached hydrogen (secondary N) is 1. The molecule has 1 saturated heterocycles. The maximum absolute atomic E-state index is 5.40. The van der Waals surface area contributed by atoms with E-state index in [-0.39, 0.29) is 5.41 Å². The molecule has 0 amide bonds. The number of rotatable bonds is 0. The van der Waals surface area contributed by atoms with Crippen LogP contribution in [-0.4, -0.2) is 10.5 Å². The Morgan fingerprint density at radius 1 is 1.42 bits per heavy atom. The Bertz CT molecular complexity index is 234. The molecular formula is C10H17NS. The molecule has 1 saturated carbocycles. The van der Waals surface area contributed by atoms with Gasteiger partial charge < -0.3 is 5.32 Å². The number of hydrogen-bond acceptors (Lipinski definition) is 1. The molecule has 0 radical (unpaired) electrons. The van der Waals surface area contributed by atoms with Crippen LogP contribution in [0.1, 0.15) is 40.0 Å². The summed E-state index contributed by atoms with van der Waals surface area (Å²) in [4.78, 5) is 1.08. The minimum Gasteiger partial charge on any atom is -0.374 e. The van der Waals surface area contributed by atoms with Crippen molar-refractivity contribution in [2.75, 3.05) is 0 Å². The van der Waals surface area contributed by atoms with Gasteiger partial charge in [-0.1, -0.05) is 26.1 Å². The number of piperidine rings is 1. The summed E-state index contributed by atoms with van der Waals surface area (Å²) >= 11 is 5.40. The largest absolute Gasteiger partial charge is 0.374 e.